The number of aryl methyl sites for hydroxylation is 1. The fourth-order valence-electron chi connectivity index (χ4n) is 5.13. The van der Waals surface area contributed by atoms with Gasteiger partial charge in [-0.3, -0.25) is 9.59 Å². The fourth-order valence-corrected chi connectivity index (χ4v) is 5.13. The Morgan fingerprint density at radius 2 is 1.60 bits per heavy atom. The predicted molar refractivity (Wildman–Crippen MR) is 166 cm³/mol. The van der Waals surface area contributed by atoms with Crippen molar-refractivity contribution in [2.45, 2.75) is 47.3 Å². The highest BCUT2D eigenvalue weighted by Gasteiger charge is 2.46. The summed E-state index contributed by atoms with van der Waals surface area (Å²) in [7, 11) is 0. The monoisotopic (exact) mass is 570 g/mol. The zero-order valence-corrected chi connectivity index (χ0v) is 25.3. The Morgan fingerprint density at radius 1 is 0.929 bits per heavy atom. The molecule has 1 atom stereocenters. The first-order valence-corrected chi connectivity index (χ1v) is 14.7. The number of hydrogen-bond donors (Lipinski definition) is 1. The number of rotatable bonds is 13. The van der Waals surface area contributed by atoms with Crippen LogP contribution in [0.15, 0.2) is 78.4 Å². The smallest absolute Gasteiger partial charge is 0.295 e. The molecule has 1 amide bonds. The maximum absolute atomic E-state index is 13.5. The minimum atomic E-state index is -0.722. The molecule has 0 radical (unpaired) electrons. The van der Waals surface area contributed by atoms with E-state index in [1.165, 1.54) is 0 Å². The number of carbonyl (C=O) groups is 2. The van der Waals surface area contributed by atoms with Gasteiger partial charge in [-0.05, 0) is 73.0 Å². The molecule has 222 valence electrons. The van der Waals surface area contributed by atoms with Gasteiger partial charge >= 0.3 is 0 Å². The number of ketones is 1. The maximum atomic E-state index is 13.5. The van der Waals surface area contributed by atoms with E-state index >= 15 is 0 Å². The molecular formula is C35H42N2O5. The topological polar surface area (TPSA) is 79.3 Å². The summed E-state index contributed by atoms with van der Waals surface area (Å²) in [5, 5.41) is 11.6. The van der Waals surface area contributed by atoms with E-state index in [4.69, 9.17) is 9.47 Å². The Balaban J connectivity index is 1.68. The molecule has 0 bridgehead atoms. The highest BCUT2D eigenvalue weighted by Crippen LogP contribution is 2.40. The molecule has 42 heavy (non-hydrogen) atoms. The zero-order valence-electron chi connectivity index (χ0n) is 25.3. The van der Waals surface area contributed by atoms with Crippen molar-refractivity contribution < 1.29 is 24.2 Å². The second-order valence-corrected chi connectivity index (χ2v) is 11.0. The molecule has 1 unspecified atom stereocenters. The summed E-state index contributed by atoms with van der Waals surface area (Å²) in [6, 6.07) is 22.0. The van der Waals surface area contributed by atoms with Gasteiger partial charge in [-0.15, -0.1) is 0 Å². The highest BCUT2D eigenvalue weighted by atomic mass is 16.5. The maximum Gasteiger partial charge on any atom is 0.295 e. The molecule has 0 aromatic heterocycles. The lowest BCUT2D eigenvalue weighted by atomic mass is 9.94. The number of aliphatic hydroxyl groups is 1. The molecule has 3 aromatic rings. The number of aliphatic hydroxyl groups excluding tert-OH is 1. The number of benzene rings is 3. The van der Waals surface area contributed by atoms with Crippen molar-refractivity contribution >= 4 is 17.4 Å². The van der Waals surface area contributed by atoms with Crippen LogP contribution < -0.4 is 9.47 Å². The number of likely N-dealkylation sites (N-methyl/N-ethyl adjacent to an activating group) is 1. The summed E-state index contributed by atoms with van der Waals surface area (Å²) in [5.41, 5.74) is 3.14. The van der Waals surface area contributed by atoms with E-state index in [0.717, 1.165) is 29.8 Å². The number of hydrogen-bond acceptors (Lipinski definition) is 6. The van der Waals surface area contributed by atoms with E-state index in [1.807, 2.05) is 67.6 Å². The lowest BCUT2D eigenvalue weighted by Gasteiger charge is -2.28. The predicted octanol–water partition coefficient (Wildman–Crippen LogP) is 6.37. The molecule has 1 aliphatic rings. The van der Waals surface area contributed by atoms with Crippen LogP contribution in [0.25, 0.3) is 5.76 Å². The third-order valence-corrected chi connectivity index (χ3v) is 7.57. The Labute approximate surface area is 249 Å². The van der Waals surface area contributed by atoms with Crippen molar-refractivity contribution in [3.8, 4) is 11.5 Å². The lowest BCUT2D eigenvalue weighted by molar-refractivity contribution is -0.140. The minimum Gasteiger partial charge on any atom is -0.507 e. The van der Waals surface area contributed by atoms with Crippen LogP contribution >= 0.6 is 0 Å². The first-order chi connectivity index (χ1) is 20.2. The van der Waals surface area contributed by atoms with Crippen LogP contribution in [-0.2, 0) is 16.2 Å². The van der Waals surface area contributed by atoms with E-state index in [2.05, 4.69) is 32.6 Å². The summed E-state index contributed by atoms with van der Waals surface area (Å²) in [6.07, 6.45) is 0. The number of Topliss-reactive ketones (excluding diaryl/α,β-unsaturated/α-hetero) is 1. The summed E-state index contributed by atoms with van der Waals surface area (Å²) in [6.45, 7) is 13.8. The van der Waals surface area contributed by atoms with Crippen LogP contribution in [0.5, 0.6) is 11.5 Å². The number of ether oxygens (including phenoxy) is 2. The van der Waals surface area contributed by atoms with Crippen molar-refractivity contribution in [1.29, 1.82) is 0 Å². The zero-order chi connectivity index (χ0) is 30.2. The third-order valence-electron chi connectivity index (χ3n) is 7.57. The SMILES string of the molecule is CCN(CC)CCN1C(=O)C(=O)/C(=C(/O)c2ccc(OCC(C)C)cc2C)C1c1ccc(OCc2ccccc2)cc1. The summed E-state index contributed by atoms with van der Waals surface area (Å²) in [4.78, 5) is 30.7. The van der Waals surface area contributed by atoms with Crippen molar-refractivity contribution in [2.24, 2.45) is 5.92 Å². The van der Waals surface area contributed by atoms with Crippen molar-refractivity contribution in [1.82, 2.24) is 9.80 Å². The van der Waals surface area contributed by atoms with Gasteiger partial charge in [0.05, 0.1) is 18.2 Å². The van der Waals surface area contributed by atoms with E-state index in [-0.39, 0.29) is 11.3 Å². The number of carbonyl (C=O) groups excluding carboxylic acids is 2. The lowest BCUT2D eigenvalue weighted by Crippen LogP contribution is -2.38. The molecule has 1 aliphatic heterocycles. The molecule has 1 N–H and O–H groups in total. The Kier molecular flexibility index (Phi) is 10.4. The van der Waals surface area contributed by atoms with E-state index in [1.54, 1.807) is 17.0 Å². The van der Waals surface area contributed by atoms with Gasteiger partial charge in [-0.1, -0.05) is 70.2 Å². The van der Waals surface area contributed by atoms with Gasteiger partial charge in [0.1, 0.15) is 23.9 Å². The average molecular weight is 571 g/mol. The highest BCUT2D eigenvalue weighted by molar-refractivity contribution is 6.46. The number of likely N-dealkylation sites (tertiary alicyclic amines) is 1. The van der Waals surface area contributed by atoms with Gasteiger partial charge in [0, 0.05) is 18.7 Å². The van der Waals surface area contributed by atoms with Crippen LogP contribution in [0.1, 0.15) is 56.0 Å². The standard InChI is InChI=1S/C35H42N2O5/c1-6-36(7-2)19-20-37-32(27-13-15-28(16-14-27)42-23-26-11-9-8-10-12-26)31(34(39)35(37)40)33(38)30-18-17-29(21-25(30)5)41-22-24(3)4/h8-18,21,24,32,38H,6-7,19-20,22-23H2,1-5H3/b33-31+. The molecule has 0 saturated carbocycles. The Morgan fingerprint density at radius 3 is 2.21 bits per heavy atom. The second kappa shape index (κ2) is 14.2. The Bertz CT molecular complexity index is 1390. The van der Waals surface area contributed by atoms with Crippen LogP contribution in [0.2, 0.25) is 0 Å². The van der Waals surface area contributed by atoms with Gasteiger partial charge in [-0.2, -0.15) is 0 Å². The molecule has 3 aromatic carbocycles. The van der Waals surface area contributed by atoms with Gasteiger partial charge < -0.3 is 24.4 Å². The van der Waals surface area contributed by atoms with Gasteiger partial charge in [0.15, 0.2) is 0 Å². The molecule has 1 saturated heterocycles. The molecule has 7 heteroatoms. The van der Waals surface area contributed by atoms with Crippen molar-refractivity contribution in [2.75, 3.05) is 32.8 Å². The molecule has 1 heterocycles. The number of amides is 1. The summed E-state index contributed by atoms with van der Waals surface area (Å²) in [5.74, 6) is 0.283. The number of nitrogens with zero attached hydrogens (tertiary/aromatic N) is 2. The fraction of sp³-hybridized carbons (Fsp3) is 0.371. The molecule has 4 rings (SSSR count). The average Bonchev–Trinajstić information content (AvgIpc) is 3.25. The molecular weight excluding hydrogens is 528 g/mol. The van der Waals surface area contributed by atoms with Gasteiger partial charge in [0.25, 0.3) is 11.7 Å². The van der Waals surface area contributed by atoms with Gasteiger partial charge in [-0.25, -0.2) is 0 Å². The summed E-state index contributed by atoms with van der Waals surface area (Å²) < 4.78 is 11.8. The normalized spacial score (nSPS) is 16.5. The Hall–Kier alpha value is -4.10. The van der Waals surface area contributed by atoms with E-state index in [0.29, 0.717) is 49.3 Å². The quantitative estimate of drug-likeness (QED) is 0.146. The molecule has 0 aliphatic carbocycles. The van der Waals surface area contributed by atoms with E-state index < -0.39 is 17.7 Å². The third kappa shape index (κ3) is 7.21. The van der Waals surface area contributed by atoms with E-state index in [9.17, 15) is 14.7 Å². The molecule has 1 fully saturated rings. The van der Waals surface area contributed by atoms with Crippen molar-refractivity contribution in [3.05, 3.63) is 101 Å². The van der Waals surface area contributed by atoms with Crippen LogP contribution in [-0.4, -0.2) is 59.4 Å². The van der Waals surface area contributed by atoms with Gasteiger partial charge in [0.2, 0.25) is 0 Å². The first-order valence-electron chi connectivity index (χ1n) is 14.7. The molecule has 0 spiro atoms. The largest absolute Gasteiger partial charge is 0.507 e. The van der Waals surface area contributed by atoms with Crippen LogP contribution in [0.4, 0.5) is 0 Å². The van der Waals surface area contributed by atoms with Crippen molar-refractivity contribution in [3.63, 3.8) is 0 Å². The molecule has 7 nitrogen and oxygen atoms in total. The van der Waals surface area contributed by atoms with Crippen LogP contribution in [0, 0.1) is 12.8 Å². The summed E-state index contributed by atoms with van der Waals surface area (Å²) >= 11 is 0. The minimum absolute atomic E-state index is 0.0939. The van der Waals surface area contributed by atoms with Crippen LogP contribution in [0.3, 0.4) is 0 Å². The second-order valence-electron chi connectivity index (χ2n) is 11.0. The first kappa shape index (κ1) is 30.8.